The first-order chi connectivity index (χ1) is 12.9. The Labute approximate surface area is 163 Å². The number of H-pyrrole nitrogens is 1. The van der Waals surface area contributed by atoms with Crippen molar-refractivity contribution >= 4 is 32.9 Å². The van der Waals surface area contributed by atoms with Gasteiger partial charge < -0.3 is 15.2 Å². The molecule has 27 heavy (non-hydrogen) atoms. The number of aryl methyl sites for hydroxylation is 3. The third-order valence-electron chi connectivity index (χ3n) is 5.49. The number of rotatable bonds is 4. The fourth-order valence-corrected chi connectivity index (χ4v) is 4.89. The molecule has 4 rings (SSSR count). The fraction of sp³-hybridized carbons (Fsp3) is 0.429. The number of hydrogen-bond donors (Lipinski definition) is 2. The number of nitrogens with one attached hydrogen (secondary N) is 2. The van der Waals surface area contributed by atoms with Gasteiger partial charge in [-0.2, -0.15) is 0 Å². The lowest BCUT2D eigenvalue weighted by Gasteiger charge is -2.22. The van der Waals surface area contributed by atoms with Crippen LogP contribution < -0.4 is 15.8 Å². The summed E-state index contributed by atoms with van der Waals surface area (Å²) in [5, 5.41) is 4.21. The third-order valence-corrected chi connectivity index (χ3v) is 6.60. The van der Waals surface area contributed by atoms with Gasteiger partial charge in [0.1, 0.15) is 10.7 Å². The van der Waals surface area contributed by atoms with E-state index in [9.17, 15) is 4.79 Å². The second kappa shape index (κ2) is 7.00. The van der Waals surface area contributed by atoms with Crippen LogP contribution in [0.25, 0.3) is 10.2 Å². The van der Waals surface area contributed by atoms with Crippen LogP contribution >= 0.6 is 11.3 Å². The van der Waals surface area contributed by atoms with Gasteiger partial charge in [0.05, 0.1) is 11.4 Å². The molecule has 6 heteroatoms. The van der Waals surface area contributed by atoms with Crippen LogP contribution in [0.3, 0.4) is 0 Å². The summed E-state index contributed by atoms with van der Waals surface area (Å²) in [7, 11) is 0. The smallest absolute Gasteiger partial charge is 0.259 e. The highest BCUT2D eigenvalue weighted by molar-refractivity contribution is 7.18. The molecule has 1 aromatic carbocycles. The fourth-order valence-electron chi connectivity index (χ4n) is 3.85. The SMILES string of the molecule is Cc1cc(N[C@@H](C)c2nc3sc(C)c(C)c3c(=O)[nH]2)ccc1N1CCCC1. The van der Waals surface area contributed by atoms with E-state index in [1.54, 1.807) is 11.3 Å². The zero-order chi connectivity index (χ0) is 19.1. The summed E-state index contributed by atoms with van der Waals surface area (Å²) >= 11 is 1.58. The highest BCUT2D eigenvalue weighted by atomic mass is 32.1. The van der Waals surface area contributed by atoms with Crippen LogP contribution in [-0.2, 0) is 0 Å². The summed E-state index contributed by atoms with van der Waals surface area (Å²) in [5.41, 5.74) is 4.62. The largest absolute Gasteiger partial charge is 0.375 e. The average Bonchev–Trinajstić information content (AvgIpc) is 3.24. The molecule has 5 nitrogen and oxygen atoms in total. The van der Waals surface area contributed by atoms with Crippen LogP contribution in [-0.4, -0.2) is 23.1 Å². The van der Waals surface area contributed by atoms with Crippen LogP contribution in [0.4, 0.5) is 11.4 Å². The third kappa shape index (κ3) is 3.34. The van der Waals surface area contributed by atoms with Crippen molar-refractivity contribution in [3.05, 3.63) is 50.4 Å². The molecule has 0 spiro atoms. The first kappa shape index (κ1) is 18.0. The van der Waals surface area contributed by atoms with E-state index in [-0.39, 0.29) is 11.6 Å². The van der Waals surface area contributed by atoms with Gasteiger partial charge in [-0.05, 0) is 69.9 Å². The molecular weight excluding hydrogens is 356 g/mol. The van der Waals surface area contributed by atoms with E-state index in [2.05, 4.69) is 40.3 Å². The molecule has 1 atom stereocenters. The Bertz CT molecular complexity index is 1050. The first-order valence-corrected chi connectivity index (χ1v) is 10.4. The van der Waals surface area contributed by atoms with E-state index in [1.807, 2.05) is 20.8 Å². The number of hydrogen-bond acceptors (Lipinski definition) is 5. The van der Waals surface area contributed by atoms with E-state index < -0.39 is 0 Å². The van der Waals surface area contributed by atoms with Gasteiger partial charge in [0.2, 0.25) is 0 Å². The van der Waals surface area contributed by atoms with Crippen molar-refractivity contribution in [3.8, 4) is 0 Å². The Morgan fingerprint density at radius 1 is 1.22 bits per heavy atom. The molecule has 1 aliphatic rings. The molecule has 0 saturated carbocycles. The molecule has 0 radical (unpaired) electrons. The maximum absolute atomic E-state index is 12.5. The Kier molecular flexibility index (Phi) is 4.68. The number of benzene rings is 1. The molecule has 1 fully saturated rings. The van der Waals surface area contributed by atoms with Crippen molar-refractivity contribution in [2.24, 2.45) is 0 Å². The van der Waals surface area contributed by atoms with Crippen LogP contribution in [0.1, 0.15) is 47.6 Å². The summed E-state index contributed by atoms with van der Waals surface area (Å²) < 4.78 is 0. The molecule has 1 aliphatic heterocycles. The molecule has 1 saturated heterocycles. The second-order valence-electron chi connectivity index (χ2n) is 7.48. The monoisotopic (exact) mass is 382 g/mol. The van der Waals surface area contributed by atoms with Crippen molar-refractivity contribution in [1.29, 1.82) is 0 Å². The van der Waals surface area contributed by atoms with Crippen LogP contribution in [0.5, 0.6) is 0 Å². The minimum atomic E-state index is -0.0816. The van der Waals surface area contributed by atoms with Crippen molar-refractivity contribution in [3.63, 3.8) is 0 Å². The summed E-state index contributed by atoms with van der Waals surface area (Å²) in [6, 6.07) is 6.41. The Hall–Kier alpha value is -2.34. The molecule has 0 unspecified atom stereocenters. The highest BCUT2D eigenvalue weighted by Crippen LogP contribution is 2.29. The lowest BCUT2D eigenvalue weighted by Crippen LogP contribution is -2.19. The highest BCUT2D eigenvalue weighted by Gasteiger charge is 2.17. The Balaban J connectivity index is 1.58. The van der Waals surface area contributed by atoms with Gasteiger partial charge in [-0.25, -0.2) is 4.98 Å². The van der Waals surface area contributed by atoms with Gasteiger partial charge in [-0.15, -0.1) is 11.3 Å². The molecule has 0 bridgehead atoms. The van der Waals surface area contributed by atoms with E-state index in [0.29, 0.717) is 5.82 Å². The summed E-state index contributed by atoms with van der Waals surface area (Å²) in [6.45, 7) is 10.5. The predicted molar refractivity (Wildman–Crippen MR) is 114 cm³/mol. The number of thiophene rings is 1. The standard InChI is InChI=1S/C21H26N4OS/c1-12-11-16(7-8-17(12)25-9-5-6-10-25)22-14(3)19-23-20(26)18-13(2)15(4)27-21(18)24-19/h7-8,11,14,22H,5-6,9-10H2,1-4H3,(H,23,24,26)/t14-/m0/s1. The minimum Gasteiger partial charge on any atom is -0.375 e. The van der Waals surface area contributed by atoms with Crippen molar-refractivity contribution in [2.75, 3.05) is 23.3 Å². The lowest BCUT2D eigenvalue weighted by atomic mass is 10.1. The van der Waals surface area contributed by atoms with Crippen molar-refractivity contribution < 1.29 is 0 Å². The van der Waals surface area contributed by atoms with Crippen molar-refractivity contribution in [2.45, 2.75) is 46.6 Å². The number of nitrogens with zero attached hydrogens (tertiary/aromatic N) is 2. The van der Waals surface area contributed by atoms with Gasteiger partial charge in [0.25, 0.3) is 5.56 Å². The van der Waals surface area contributed by atoms with Gasteiger partial charge in [0.15, 0.2) is 0 Å². The topological polar surface area (TPSA) is 61.0 Å². The summed E-state index contributed by atoms with van der Waals surface area (Å²) in [5.74, 6) is 0.676. The number of aromatic nitrogens is 2. The molecule has 142 valence electrons. The van der Waals surface area contributed by atoms with Crippen molar-refractivity contribution in [1.82, 2.24) is 9.97 Å². The Morgan fingerprint density at radius 2 is 1.96 bits per heavy atom. The van der Waals surface area contributed by atoms with Crippen LogP contribution in [0.15, 0.2) is 23.0 Å². The number of fused-ring (bicyclic) bond motifs is 1. The first-order valence-electron chi connectivity index (χ1n) is 9.56. The van der Waals surface area contributed by atoms with E-state index in [0.717, 1.165) is 39.4 Å². The molecule has 2 N–H and O–H groups in total. The maximum Gasteiger partial charge on any atom is 0.259 e. The zero-order valence-corrected chi connectivity index (χ0v) is 17.2. The number of anilines is 2. The maximum atomic E-state index is 12.5. The zero-order valence-electron chi connectivity index (χ0n) is 16.3. The summed E-state index contributed by atoms with van der Waals surface area (Å²) in [6.07, 6.45) is 2.55. The molecule has 2 aromatic heterocycles. The molecule has 3 heterocycles. The quantitative estimate of drug-likeness (QED) is 0.688. The molecule has 0 amide bonds. The lowest BCUT2D eigenvalue weighted by molar-refractivity contribution is 0.792. The van der Waals surface area contributed by atoms with Gasteiger partial charge in [-0.1, -0.05) is 0 Å². The van der Waals surface area contributed by atoms with Crippen LogP contribution in [0.2, 0.25) is 0 Å². The molecule has 3 aromatic rings. The number of aromatic amines is 1. The second-order valence-corrected chi connectivity index (χ2v) is 8.68. The van der Waals surface area contributed by atoms with Crippen LogP contribution in [0, 0.1) is 20.8 Å². The molecular formula is C21H26N4OS. The van der Waals surface area contributed by atoms with E-state index in [1.165, 1.54) is 24.1 Å². The average molecular weight is 383 g/mol. The summed E-state index contributed by atoms with van der Waals surface area (Å²) in [4.78, 5) is 24.6. The van der Waals surface area contributed by atoms with Gasteiger partial charge >= 0.3 is 0 Å². The Morgan fingerprint density at radius 3 is 2.67 bits per heavy atom. The van der Waals surface area contributed by atoms with Gasteiger partial charge in [-0.3, -0.25) is 4.79 Å². The molecule has 0 aliphatic carbocycles. The van der Waals surface area contributed by atoms with E-state index in [4.69, 9.17) is 4.98 Å². The normalized spacial score (nSPS) is 15.5. The van der Waals surface area contributed by atoms with Gasteiger partial charge in [0, 0.05) is 29.3 Å². The predicted octanol–water partition coefficient (Wildman–Crippen LogP) is 4.68. The van der Waals surface area contributed by atoms with E-state index >= 15 is 0 Å². The minimum absolute atomic E-state index is 0.0499.